The van der Waals surface area contributed by atoms with Crippen LogP contribution in [0.5, 0.6) is 5.88 Å². The third kappa shape index (κ3) is 4.68. The summed E-state index contributed by atoms with van der Waals surface area (Å²) in [6, 6.07) is 4.76. The summed E-state index contributed by atoms with van der Waals surface area (Å²) in [7, 11) is 4.13. The quantitative estimate of drug-likeness (QED) is 0.379. The van der Waals surface area contributed by atoms with Crippen molar-refractivity contribution in [2.24, 2.45) is 0 Å². The first-order valence-corrected chi connectivity index (χ1v) is 15.5. The lowest BCUT2D eigenvalue weighted by Crippen LogP contribution is -2.38. The molecule has 3 atom stereocenters. The molecule has 0 unspecified atom stereocenters. The van der Waals surface area contributed by atoms with Gasteiger partial charge in [0, 0.05) is 28.2 Å². The largest absolute Gasteiger partial charge is 0.473 e. The van der Waals surface area contributed by atoms with E-state index >= 15 is 0 Å². The minimum absolute atomic E-state index is 0.0176. The zero-order valence-electron chi connectivity index (χ0n) is 23.8. The van der Waals surface area contributed by atoms with E-state index in [2.05, 4.69) is 35.4 Å². The van der Waals surface area contributed by atoms with E-state index in [1.165, 1.54) is 11.3 Å². The molecule has 3 N–H and O–H groups in total. The summed E-state index contributed by atoms with van der Waals surface area (Å²) in [4.78, 5) is 13.5. The van der Waals surface area contributed by atoms with E-state index in [1.807, 2.05) is 13.1 Å². The van der Waals surface area contributed by atoms with Crippen LogP contribution in [0.2, 0.25) is 0 Å². The van der Waals surface area contributed by atoms with Gasteiger partial charge in [0.05, 0.1) is 11.0 Å². The smallest absolute Gasteiger partial charge is 0.217 e. The van der Waals surface area contributed by atoms with E-state index in [0.717, 1.165) is 93.5 Å². The van der Waals surface area contributed by atoms with Gasteiger partial charge in [-0.15, -0.1) is 11.3 Å². The number of nitrogens with two attached hydrogens (primary N) is 1. The molecule has 1 aliphatic heterocycles. The number of likely N-dealkylation sites (tertiary alicyclic amines) is 1. The number of likely N-dealkylation sites (N-methyl/N-ethyl adjacent to an activating group) is 1. The zero-order valence-corrected chi connectivity index (χ0v) is 24.6. The molecule has 9 nitrogen and oxygen atoms in total. The molecule has 0 aromatic carbocycles. The van der Waals surface area contributed by atoms with Gasteiger partial charge in [-0.2, -0.15) is 10.2 Å². The second kappa shape index (κ2) is 11.1. The molecule has 0 amide bonds. The molecule has 3 aromatic rings. The average molecular weight is 562 g/mol. The maximum Gasteiger partial charge on any atom is 0.217 e. The van der Waals surface area contributed by atoms with Crippen molar-refractivity contribution in [2.45, 2.75) is 88.7 Å². The summed E-state index contributed by atoms with van der Waals surface area (Å²) < 4.78 is 12.7. The molecule has 3 aliphatic rings. The second-order valence-electron chi connectivity index (χ2n) is 11.6. The molecule has 2 aliphatic carbocycles. The number of nitrogens with zero attached hydrogens (tertiary/aromatic N) is 5. The Hall–Kier alpha value is -3.00. The minimum atomic E-state index is -0.364. The Kier molecular flexibility index (Phi) is 7.55. The number of anilines is 1. The van der Waals surface area contributed by atoms with Crippen LogP contribution in [0.3, 0.4) is 0 Å². The Labute approximate surface area is 240 Å². The molecule has 0 bridgehead atoms. The summed E-state index contributed by atoms with van der Waals surface area (Å²) in [6.45, 7) is 4.14. The molecule has 0 saturated carbocycles. The highest BCUT2D eigenvalue weighted by Gasteiger charge is 2.48. The van der Waals surface area contributed by atoms with Gasteiger partial charge in [0.25, 0.3) is 0 Å². The summed E-state index contributed by atoms with van der Waals surface area (Å²) >= 11 is 1.56. The number of rotatable bonds is 8. The maximum atomic E-state index is 10.0. The molecular formula is C30H39N7O2S. The fraction of sp³-hybridized carbons (Fsp3) is 0.600. The maximum absolute atomic E-state index is 10.0. The number of nitrogen functional groups attached to an aromatic ring is 1. The van der Waals surface area contributed by atoms with Crippen molar-refractivity contribution in [1.82, 2.24) is 25.3 Å². The van der Waals surface area contributed by atoms with Crippen LogP contribution in [-0.4, -0.2) is 59.4 Å². The number of hydrogen-bond acceptors (Lipinski definition) is 10. The molecule has 0 radical (unpaired) electrons. The first-order valence-electron chi connectivity index (χ1n) is 14.7. The van der Waals surface area contributed by atoms with Crippen LogP contribution in [0.1, 0.15) is 84.9 Å². The highest BCUT2D eigenvalue weighted by molar-refractivity contribution is 7.16. The first kappa shape index (κ1) is 27.2. The van der Waals surface area contributed by atoms with Crippen molar-refractivity contribution in [3.63, 3.8) is 0 Å². The highest BCUT2D eigenvalue weighted by atomic mass is 32.1. The van der Waals surface area contributed by atoms with E-state index in [9.17, 15) is 5.26 Å². The molecule has 1 spiro atoms. The monoisotopic (exact) mass is 561 g/mol. The third-order valence-corrected chi connectivity index (χ3v) is 10.2. The predicted octanol–water partition coefficient (Wildman–Crippen LogP) is 4.62. The van der Waals surface area contributed by atoms with E-state index in [1.54, 1.807) is 11.3 Å². The van der Waals surface area contributed by atoms with Gasteiger partial charge < -0.3 is 20.3 Å². The SMILES string of the molecule is CNCCCc1cc(O[C@@H](C)[C@@H]2CCCN2C)nc(-c2noc3c2CCC[C@@]32CCCc3sc(N)c(C#N)c32)n1. The van der Waals surface area contributed by atoms with Crippen molar-refractivity contribution < 1.29 is 9.26 Å². The van der Waals surface area contributed by atoms with E-state index in [4.69, 9.17) is 25.0 Å². The first-order chi connectivity index (χ1) is 19.4. The van der Waals surface area contributed by atoms with Crippen molar-refractivity contribution in [3.05, 3.63) is 39.1 Å². The van der Waals surface area contributed by atoms with Gasteiger partial charge in [0.1, 0.15) is 17.2 Å². The van der Waals surface area contributed by atoms with Gasteiger partial charge in [0.15, 0.2) is 17.3 Å². The molecule has 40 heavy (non-hydrogen) atoms. The fourth-order valence-corrected chi connectivity index (χ4v) is 8.39. The molecule has 3 aromatic heterocycles. The highest BCUT2D eigenvalue weighted by Crippen LogP contribution is 2.55. The van der Waals surface area contributed by atoms with Crippen LogP contribution >= 0.6 is 11.3 Å². The van der Waals surface area contributed by atoms with E-state index in [0.29, 0.717) is 34.0 Å². The summed E-state index contributed by atoms with van der Waals surface area (Å²) in [5.74, 6) is 2.03. The van der Waals surface area contributed by atoms with Gasteiger partial charge >= 0.3 is 0 Å². The lowest BCUT2D eigenvalue weighted by atomic mass is 9.63. The molecular weight excluding hydrogens is 522 g/mol. The van der Waals surface area contributed by atoms with Gasteiger partial charge in [-0.1, -0.05) is 5.16 Å². The van der Waals surface area contributed by atoms with Gasteiger partial charge in [-0.3, -0.25) is 4.90 Å². The van der Waals surface area contributed by atoms with Crippen LogP contribution in [0, 0.1) is 11.3 Å². The standard InChI is InChI=1S/C30H39N7O2S/c1-18(22-10-7-15-37(22)3)38-24-16-19(8-6-14-33-2)34-29(35-24)26-20-9-4-12-30(27(20)39-36-26)13-5-11-23-25(30)21(17-31)28(32)40-23/h16,18,22,33H,4-15,32H2,1-3H3/t18-,22-,30-/m0/s1. The van der Waals surface area contributed by atoms with E-state index in [-0.39, 0.29) is 11.5 Å². The Bertz CT molecular complexity index is 1420. The number of fused-ring (bicyclic) bond motifs is 4. The Balaban J connectivity index is 1.40. The fourth-order valence-electron chi connectivity index (χ4n) is 7.23. The summed E-state index contributed by atoms with van der Waals surface area (Å²) in [5.41, 5.74) is 10.4. The van der Waals surface area contributed by atoms with Crippen molar-refractivity contribution >= 4 is 16.3 Å². The molecule has 212 valence electrons. The molecule has 1 saturated heterocycles. The summed E-state index contributed by atoms with van der Waals surface area (Å²) in [6.07, 6.45) is 9.80. The molecule has 4 heterocycles. The third-order valence-electron chi connectivity index (χ3n) is 9.11. The van der Waals surface area contributed by atoms with Crippen LogP contribution < -0.4 is 15.8 Å². The minimum Gasteiger partial charge on any atom is -0.473 e. The van der Waals surface area contributed by atoms with Crippen LogP contribution in [0.25, 0.3) is 11.5 Å². The average Bonchev–Trinajstić information content (AvgIpc) is 3.66. The van der Waals surface area contributed by atoms with Crippen LogP contribution in [-0.2, 0) is 24.7 Å². The Morgan fingerprint density at radius 1 is 1.30 bits per heavy atom. The second-order valence-corrected chi connectivity index (χ2v) is 12.8. The number of nitriles is 1. The van der Waals surface area contributed by atoms with Crippen LogP contribution in [0.15, 0.2) is 10.6 Å². The number of thiophene rings is 1. The van der Waals surface area contributed by atoms with Crippen molar-refractivity contribution in [2.75, 3.05) is 32.9 Å². The number of aromatic nitrogens is 3. The van der Waals surface area contributed by atoms with E-state index < -0.39 is 0 Å². The summed E-state index contributed by atoms with van der Waals surface area (Å²) in [5, 5.41) is 18.5. The Morgan fingerprint density at radius 2 is 2.12 bits per heavy atom. The zero-order chi connectivity index (χ0) is 27.9. The topological polar surface area (TPSA) is 126 Å². The van der Waals surface area contributed by atoms with Gasteiger partial charge in [-0.05, 0) is 104 Å². The number of ether oxygens (including phenoxy) is 1. The molecule has 1 fully saturated rings. The number of hydrogen-bond donors (Lipinski definition) is 2. The lowest BCUT2D eigenvalue weighted by molar-refractivity contribution is 0.117. The Morgan fingerprint density at radius 3 is 2.88 bits per heavy atom. The van der Waals surface area contributed by atoms with Crippen LogP contribution in [0.4, 0.5) is 5.00 Å². The number of nitrogens with one attached hydrogen (secondary N) is 1. The lowest BCUT2D eigenvalue weighted by Gasteiger charge is -2.39. The molecule has 6 rings (SSSR count). The number of aryl methyl sites for hydroxylation is 2. The van der Waals surface area contributed by atoms with Crippen molar-refractivity contribution in [3.8, 4) is 23.5 Å². The predicted molar refractivity (Wildman–Crippen MR) is 156 cm³/mol. The normalized spacial score (nSPS) is 23.1. The van der Waals surface area contributed by atoms with Gasteiger partial charge in [0.2, 0.25) is 5.88 Å². The van der Waals surface area contributed by atoms with Crippen molar-refractivity contribution in [1.29, 1.82) is 5.26 Å². The molecule has 10 heteroatoms. The van der Waals surface area contributed by atoms with Gasteiger partial charge in [-0.25, -0.2) is 4.98 Å².